The number of hydrogen-bond donors (Lipinski definition) is 4. The molecule has 266 valence electrons. The lowest BCUT2D eigenvalue weighted by atomic mass is 9.43. The Kier molecular flexibility index (Phi) is 9.38. The SMILES string of the molecule is CC(C)(C)OC(=O)NCC(=O)NN1CCN(C(=O)N[C@H]2CC[C@@]3(C)[C@H](CC[C@@H]4[C@@H]3CC[C@]3(C)[C@@H](c5ccc(=O)oc5)CC[C@]43O)C2)CC1. The van der Waals surface area contributed by atoms with Crippen molar-refractivity contribution in [3.63, 3.8) is 0 Å². The number of nitrogens with one attached hydrogen (secondary N) is 3. The summed E-state index contributed by atoms with van der Waals surface area (Å²) in [5, 5.41) is 20.1. The summed E-state index contributed by atoms with van der Waals surface area (Å²) in [5.74, 6) is 1.07. The Morgan fingerprint density at radius 2 is 1.73 bits per heavy atom. The molecule has 4 amide bonds. The molecule has 2 heterocycles. The summed E-state index contributed by atoms with van der Waals surface area (Å²) in [6.45, 7) is 11.8. The number of ether oxygens (including phenoxy) is 1. The van der Waals surface area contributed by atoms with Crippen LogP contribution in [0.2, 0.25) is 0 Å². The lowest BCUT2D eigenvalue weighted by molar-refractivity contribution is -0.201. The summed E-state index contributed by atoms with van der Waals surface area (Å²) in [5.41, 5.74) is 2.02. The van der Waals surface area contributed by atoms with Crippen LogP contribution in [0.15, 0.2) is 27.6 Å². The third-order valence-electron chi connectivity index (χ3n) is 12.9. The number of carbonyl (C=O) groups excluding carboxylic acids is 3. The van der Waals surface area contributed by atoms with Crippen molar-refractivity contribution in [2.75, 3.05) is 32.7 Å². The maximum absolute atomic E-state index is 13.3. The molecule has 1 saturated heterocycles. The van der Waals surface area contributed by atoms with Crippen LogP contribution in [-0.2, 0) is 9.53 Å². The molecule has 0 radical (unpaired) electrons. The highest BCUT2D eigenvalue weighted by atomic mass is 16.6. The van der Waals surface area contributed by atoms with Crippen molar-refractivity contribution in [3.8, 4) is 0 Å². The molecule has 5 fully saturated rings. The number of carbonyl (C=O) groups is 3. The van der Waals surface area contributed by atoms with Gasteiger partial charge >= 0.3 is 17.7 Å². The fraction of sp³-hybridized carbons (Fsp3) is 0.778. The van der Waals surface area contributed by atoms with Crippen molar-refractivity contribution < 1.29 is 28.6 Å². The van der Waals surface area contributed by atoms with Crippen molar-refractivity contribution in [2.24, 2.45) is 28.6 Å². The number of rotatable bonds is 5. The van der Waals surface area contributed by atoms with E-state index in [2.05, 4.69) is 29.9 Å². The van der Waals surface area contributed by atoms with Crippen molar-refractivity contribution in [1.29, 1.82) is 0 Å². The number of nitrogens with zero attached hydrogens (tertiary/aromatic N) is 2. The van der Waals surface area contributed by atoms with Gasteiger partial charge in [-0.2, -0.15) is 0 Å². The van der Waals surface area contributed by atoms with Gasteiger partial charge in [0.05, 0.1) is 11.9 Å². The van der Waals surface area contributed by atoms with E-state index in [1.807, 2.05) is 11.0 Å². The molecule has 0 spiro atoms. The Balaban J connectivity index is 0.983. The van der Waals surface area contributed by atoms with Crippen LogP contribution in [0.4, 0.5) is 9.59 Å². The standard InChI is InChI=1S/C36H55N5O7/c1-33(2,3)48-32(45)37-21-29(42)39-41-18-16-40(17-19-41)31(44)38-25-10-13-34(4)24(20-25)7-8-28-27(34)11-14-35(5)26(12-15-36(28,35)46)23-6-9-30(43)47-22-23/h6,9,22,24-28,46H,7-8,10-21H2,1-5H3,(H,37,45)(H,38,44)(H,39,42)/t24-,25+,26-,27+,28-,34+,35-,36+/m1/s1. The van der Waals surface area contributed by atoms with Crippen LogP contribution < -0.4 is 21.7 Å². The summed E-state index contributed by atoms with van der Waals surface area (Å²) in [6.07, 6.45) is 9.73. The number of hydrazine groups is 1. The first kappa shape index (κ1) is 34.7. The number of urea groups is 1. The van der Waals surface area contributed by atoms with E-state index in [0.717, 1.165) is 63.4 Å². The molecular weight excluding hydrogens is 614 g/mol. The van der Waals surface area contributed by atoms with E-state index in [4.69, 9.17) is 9.15 Å². The van der Waals surface area contributed by atoms with Crippen LogP contribution in [0.25, 0.3) is 0 Å². The summed E-state index contributed by atoms with van der Waals surface area (Å²) >= 11 is 0. The number of hydrogen-bond acceptors (Lipinski definition) is 8. The molecule has 1 aliphatic heterocycles. The summed E-state index contributed by atoms with van der Waals surface area (Å²) in [4.78, 5) is 50.9. The minimum absolute atomic E-state index is 0.0497. The van der Waals surface area contributed by atoms with Gasteiger partial charge in [-0.05, 0) is 119 Å². The predicted octanol–water partition coefficient (Wildman–Crippen LogP) is 4.13. The molecule has 12 heteroatoms. The molecule has 5 aliphatic rings. The van der Waals surface area contributed by atoms with E-state index in [1.165, 1.54) is 6.07 Å². The number of alkyl carbamates (subject to hydrolysis) is 1. The van der Waals surface area contributed by atoms with Gasteiger partial charge in [0, 0.05) is 43.7 Å². The molecule has 0 aromatic carbocycles. The average Bonchev–Trinajstić information content (AvgIpc) is 3.31. The maximum Gasteiger partial charge on any atom is 0.408 e. The van der Waals surface area contributed by atoms with Crippen LogP contribution in [0.3, 0.4) is 0 Å². The number of piperazine rings is 1. The van der Waals surface area contributed by atoms with Crippen LogP contribution in [0.1, 0.15) is 104 Å². The highest BCUT2D eigenvalue weighted by Gasteiger charge is 2.67. The number of fused-ring (bicyclic) bond motifs is 5. The summed E-state index contributed by atoms with van der Waals surface area (Å²) in [6, 6.07) is 3.47. The number of amides is 4. The van der Waals surface area contributed by atoms with E-state index in [0.29, 0.717) is 38.0 Å². The normalized spacial score (nSPS) is 36.6. The van der Waals surface area contributed by atoms with Gasteiger partial charge in [-0.25, -0.2) is 19.4 Å². The zero-order chi connectivity index (χ0) is 34.5. The van der Waals surface area contributed by atoms with Gasteiger partial charge in [0.2, 0.25) is 0 Å². The van der Waals surface area contributed by atoms with Gasteiger partial charge in [-0.1, -0.05) is 13.8 Å². The molecule has 12 nitrogen and oxygen atoms in total. The fourth-order valence-electron chi connectivity index (χ4n) is 10.4. The minimum Gasteiger partial charge on any atom is -0.444 e. The molecule has 0 bridgehead atoms. The van der Waals surface area contributed by atoms with E-state index >= 15 is 0 Å². The smallest absolute Gasteiger partial charge is 0.408 e. The molecule has 4 saturated carbocycles. The van der Waals surface area contributed by atoms with E-state index in [1.54, 1.807) is 32.0 Å². The number of aliphatic hydroxyl groups is 1. The Morgan fingerprint density at radius 3 is 2.42 bits per heavy atom. The fourth-order valence-corrected chi connectivity index (χ4v) is 10.4. The largest absolute Gasteiger partial charge is 0.444 e. The summed E-state index contributed by atoms with van der Waals surface area (Å²) in [7, 11) is 0. The molecule has 6 rings (SSSR count). The van der Waals surface area contributed by atoms with Gasteiger partial charge in [0.1, 0.15) is 12.1 Å². The highest BCUT2D eigenvalue weighted by molar-refractivity contribution is 5.81. The Labute approximate surface area is 283 Å². The molecule has 48 heavy (non-hydrogen) atoms. The zero-order valence-corrected chi connectivity index (χ0v) is 29.3. The molecule has 8 atom stereocenters. The van der Waals surface area contributed by atoms with Gasteiger partial charge in [-0.15, -0.1) is 0 Å². The molecule has 4 aliphatic carbocycles. The lowest BCUT2D eigenvalue weighted by Crippen LogP contribution is -2.63. The predicted molar refractivity (Wildman–Crippen MR) is 179 cm³/mol. The molecule has 0 unspecified atom stereocenters. The Hall–Kier alpha value is -3.12. The minimum atomic E-state index is -0.730. The third-order valence-corrected chi connectivity index (χ3v) is 12.9. The van der Waals surface area contributed by atoms with Crippen LogP contribution in [0.5, 0.6) is 0 Å². The van der Waals surface area contributed by atoms with Gasteiger partial charge in [0.25, 0.3) is 5.91 Å². The van der Waals surface area contributed by atoms with Gasteiger partial charge in [-0.3, -0.25) is 10.2 Å². The average molecular weight is 670 g/mol. The quantitative estimate of drug-likeness (QED) is 0.365. The molecular formula is C36H55N5O7. The molecule has 1 aromatic heterocycles. The third kappa shape index (κ3) is 6.58. The van der Waals surface area contributed by atoms with Crippen LogP contribution in [-0.4, -0.2) is 83.0 Å². The van der Waals surface area contributed by atoms with E-state index in [-0.39, 0.29) is 52.8 Å². The van der Waals surface area contributed by atoms with Gasteiger partial charge < -0.3 is 29.8 Å². The first-order chi connectivity index (χ1) is 22.6. The lowest BCUT2D eigenvalue weighted by Gasteiger charge is -2.63. The second-order valence-electron chi connectivity index (χ2n) is 16.6. The van der Waals surface area contributed by atoms with Gasteiger partial charge in [0.15, 0.2) is 0 Å². The molecule has 4 N–H and O–H groups in total. The van der Waals surface area contributed by atoms with Crippen molar-refractivity contribution in [3.05, 3.63) is 34.4 Å². The van der Waals surface area contributed by atoms with E-state index < -0.39 is 17.3 Å². The second-order valence-corrected chi connectivity index (χ2v) is 16.6. The second kappa shape index (κ2) is 13.0. The Morgan fingerprint density at radius 1 is 0.979 bits per heavy atom. The van der Waals surface area contributed by atoms with E-state index in [9.17, 15) is 24.3 Å². The summed E-state index contributed by atoms with van der Waals surface area (Å²) < 4.78 is 10.4. The Bertz CT molecular complexity index is 1420. The topological polar surface area (TPSA) is 153 Å². The van der Waals surface area contributed by atoms with Crippen molar-refractivity contribution in [1.82, 2.24) is 26.0 Å². The first-order valence-electron chi connectivity index (χ1n) is 18.0. The molecule has 1 aromatic rings. The van der Waals surface area contributed by atoms with Crippen molar-refractivity contribution >= 4 is 18.0 Å². The zero-order valence-electron chi connectivity index (χ0n) is 29.3. The first-order valence-corrected chi connectivity index (χ1v) is 18.0. The highest BCUT2D eigenvalue weighted by Crippen LogP contribution is 2.70. The monoisotopic (exact) mass is 669 g/mol. The van der Waals surface area contributed by atoms with Crippen molar-refractivity contribution in [2.45, 2.75) is 116 Å². The van der Waals surface area contributed by atoms with Crippen LogP contribution >= 0.6 is 0 Å². The van der Waals surface area contributed by atoms with Crippen LogP contribution in [0, 0.1) is 28.6 Å². The maximum atomic E-state index is 13.3.